The molecule has 1 unspecified atom stereocenters. The van der Waals surface area contributed by atoms with Gasteiger partial charge in [0.2, 0.25) is 11.9 Å². The molecule has 13 heteroatoms. The van der Waals surface area contributed by atoms with E-state index in [1.165, 1.54) is 6.08 Å². The molecule has 2 N–H and O–H groups in total. The molecule has 2 aromatic carbocycles. The van der Waals surface area contributed by atoms with Crippen LogP contribution in [0.25, 0.3) is 0 Å². The molecule has 46 heavy (non-hydrogen) atoms. The molecule has 2 aliphatic heterocycles. The third-order valence-corrected chi connectivity index (χ3v) is 7.51. The van der Waals surface area contributed by atoms with Gasteiger partial charge in [0.1, 0.15) is 22.9 Å². The number of carbonyl (C=O) groups is 3. The number of anilines is 5. The summed E-state index contributed by atoms with van der Waals surface area (Å²) in [5.41, 5.74) is 1.69. The third kappa shape index (κ3) is 7.14. The Morgan fingerprint density at radius 1 is 1.07 bits per heavy atom. The highest BCUT2D eigenvalue weighted by Gasteiger charge is 2.40. The predicted octanol–water partition coefficient (Wildman–Crippen LogP) is 5.71. The van der Waals surface area contributed by atoms with E-state index in [4.69, 9.17) is 19.2 Å². The highest BCUT2D eigenvalue weighted by Crippen LogP contribution is 2.37. The number of nitrogens with zero attached hydrogens (tertiary/aromatic N) is 5. The summed E-state index contributed by atoms with van der Waals surface area (Å²) in [5, 5.41) is 5.94. The number of urea groups is 1. The number of nitrogens with one attached hydrogen (secondary N) is 2. The van der Waals surface area contributed by atoms with E-state index in [1.807, 2.05) is 26.8 Å². The summed E-state index contributed by atoms with van der Waals surface area (Å²) in [6, 6.07) is 11.7. The summed E-state index contributed by atoms with van der Waals surface area (Å²) in [5.74, 6) is 1.36. The van der Waals surface area contributed by atoms with Gasteiger partial charge in [-0.25, -0.2) is 14.6 Å². The molecule has 0 saturated carbocycles. The molecule has 3 aromatic rings. The molecule has 13 nitrogen and oxygen atoms in total. The van der Waals surface area contributed by atoms with E-state index in [1.54, 1.807) is 71.5 Å². The van der Waals surface area contributed by atoms with E-state index in [0.717, 1.165) is 0 Å². The number of methoxy groups -OCH3 is 2. The van der Waals surface area contributed by atoms with Crippen molar-refractivity contribution in [3.05, 3.63) is 66.9 Å². The molecular weight excluding hydrogens is 590 g/mol. The molecule has 1 fully saturated rings. The normalized spacial score (nSPS) is 16.3. The fraction of sp³-hybridized carbons (Fsp3) is 0.364. The summed E-state index contributed by atoms with van der Waals surface area (Å²) in [6.07, 6.45) is 3.74. The van der Waals surface area contributed by atoms with Crippen LogP contribution in [-0.2, 0) is 16.1 Å². The molecule has 1 aromatic heterocycles. The third-order valence-electron chi connectivity index (χ3n) is 7.51. The van der Waals surface area contributed by atoms with Gasteiger partial charge in [0.15, 0.2) is 0 Å². The highest BCUT2D eigenvalue weighted by atomic mass is 16.6. The molecule has 4 amide bonds. The number of piperidine rings is 1. The average molecular weight is 630 g/mol. The van der Waals surface area contributed by atoms with Gasteiger partial charge in [0, 0.05) is 43.0 Å². The number of hydrogen-bond acceptors (Lipinski definition) is 9. The number of likely N-dealkylation sites (tertiary alicyclic amines) is 1. The largest absolute Gasteiger partial charge is 0.497 e. The molecule has 0 radical (unpaired) electrons. The molecule has 242 valence electrons. The van der Waals surface area contributed by atoms with E-state index in [-0.39, 0.29) is 31.0 Å². The van der Waals surface area contributed by atoms with Gasteiger partial charge in [0.05, 0.1) is 43.9 Å². The van der Waals surface area contributed by atoms with Crippen LogP contribution in [0.2, 0.25) is 0 Å². The average Bonchev–Trinajstić information content (AvgIpc) is 3.04. The van der Waals surface area contributed by atoms with Gasteiger partial charge < -0.3 is 29.7 Å². The van der Waals surface area contributed by atoms with Crippen molar-refractivity contribution in [3.63, 3.8) is 0 Å². The summed E-state index contributed by atoms with van der Waals surface area (Å²) in [7, 11) is 3.10. The zero-order valence-electron chi connectivity index (χ0n) is 26.7. The molecule has 5 rings (SSSR count). The van der Waals surface area contributed by atoms with Gasteiger partial charge in [-0.3, -0.25) is 14.6 Å². The maximum Gasteiger partial charge on any atom is 0.410 e. The van der Waals surface area contributed by atoms with Crippen LogP contribution in [-0.4, -0.2) is 71.9 Å². The zero-order chi connectivity index (χ0) is 33.0. The number of fused-ring (bicyclic) bond motifs is 1. The molecule has 0 aliphatic carbocycles. The summed E-state index contributed by atoms with van der Waals surface area (Å²) < 4.78 is 16.6. The predicted molar refractivity (Wildman–Crippen MR) is 175 cm³/mol. The SMILES string of the molecule is C=CC(=O)Nc1ccccc1Nc1ncc2c(n1)N(C1CCCN(C(=O)OC(C)(C)C)C1)C(=O)N(c1cc(OC)cc(OC)c1)C2. The first-order chi connectivity index (χ1) is 22.0. The van der Waals surface area contributed by atoms with Crippen molar-refractivity contribution in [1.82, 2.24) is 14.9 Å². The van der Waals surface area contributed by atoms with Gasteiger partial charge in [-0.05, 0) is 51.8 Å². The minimum absolute atomic E-state index is 0.190. The van der Waals surface area contributed by atoms with Crippen LogP contribution in [0.5, 0.6) is 11.5 Å². The first-order valence-corrected chi connectivity index (χ1v) is 15.0. The molecule has 1 saturated heterocycles. The number of carbonyl (C=O) groups excluding carboxylic acids is 3. The van der Waals surface area contributed by atoms with Gasteiger partial charge in [0.25, 0.3) is 0 Å². The minimum Gasteiger partial charge on any atom is -0.497 e. The number of rotatable bonds is 8. The molecular formula is C33H39N7O6. The Bertz CT molecular complexity index is 1620. The van der Waals surface area contributed by atoms with E-state index in [9.17, 15) is 14.4 Å². The van der Waals surface area contributed by atoms with Crippen molar-refractivity contribution in [2.24, 2.45) is 0 Å². The molecule has 2 aliphatic rings. The Labute approximate surface area is 268 Å². The smallest absolute Gasteiger partial charge is 0.410 e. The van der Waals surface area contributed by atoms with Crippen molar-refractivity contribution in [2.45, 2.75) is 51.8 Å². The van der Waals surface area contributed by atoms with E-state index in [2.05, 4.69) is 22.2 Å². The van der Waals surface area contributed by atoms with Crippen LogP contribution in [0.3, 0.4) is 0 Å². The molecule has 3 heterocycles. The first kappa shape index (κ1) is 32.1. The van der Waals surface area contributed by atoms with E-state index < -0.39 is 17.7 Å². The van der Waals surface area contributed by atoms with Gasteiger partial charge >= 0.3 is 12.1 Å². The maximum atomic E-state index is 14.5. The number of aromatic nitrogens is 2. The number of para-hydroxylation sites is 2. The second-order valence-corrected chi connectivity index (χ2v) is 11.9. The van der Waals surface area contributed by atoms with Gasteiger partial charge in [-0.2, -0.15) is 4.98 Å². The lowest BCUT2D eigenvalue weighted by Gasteiger charge is -2.43. The Balaban J connectivity index is 1.53. The molecule has 0 spiro atoms. The lowest BCUT2D eigenvalue weighted by molar-refractivity contribution is -0.111. The number of ether oxygens (including phenoxy) is 3. The van der Waals surface area contributed by atoms with Crippen molar-refractivity contribution in [2.75, 3.05) is 47.7 Å². The fourth-order valence-electron chi connectivity index (χ4n) is 5.38. The first-order valence-electron chi connectivity index (χ1n) is 15.0. The van der Waals surface area contributed by atoms with Crippen molar-refractivity contribution >= 4 is 46.9 Å². The topological polar surface area (TPSA) is 138 Å². The lowest BCUT2D eigenvalue weighted by atomic mass is 10.0. The van der Waals surface area contributed by atoms with Crippen LogP contribution in [0, 0.1) is 0 Å². The summed E-state index contributed by atoms with van der Waals surface area (Å²) in [6.45, 7) is 9.95. The quantitative estimate of drug-likeness (QED) is 0.300. The van der Waals surface area contributed by atoms with Gasteiger partial charge in [-0.15, -0.1) is 0 Å². The van der Waals surface area contributed by atoms with Crippen LogP contribution in [0.4, 0.5) is 38.4 Å². The standard InChI is InChI=1S/C33H39N7O6/c1-7-28(41)35-26-12-8-9-13-27(26)36-30-34-18-21-19-39(23-15-24(44-5)17-25(16-23)45-6)31(42)40(29(21)37-30)22-11-10-14-38(20-22)32(43)46-33(2,3)4/h7-9,12-13,15-18,22H,1,10-11,14,19-20H2,2-6H3,(H,35,41)(H,34,36,37). The summed E-state index contributed by atoms with van der Waals surface area (Å²) >= 11 is 0. The van der Waals surface area contributed by atoms with Crippen LogP contribution in [0.1, 0.15) is 39.2 Å². The minimum atomic E-state index is -0.658. The van der Waals surface area contributed by atoms with Crippen LogP contribution < -0.4 is 29.9 Å². The second-order valence-electron chi connectivity index (χ2n) is 11.9. The Morgan fingerprint density at radius 2 is 1.76 bits per heavy atom. The van der Waals surface area contributed by atoms with Crippen LogP contribution >= 0.6 is 0 Å². The molecule has 1 atom stereocenters. The molecule has 0 bridgehead atoms. The number of benzene rings is 2. The Morgan fingerprint density at radius 3 is 2.41 bits per heavy atom. The van der Waals surface area contributed by atoms with Gasteiger partial charge in [-0.1, -0.05) is 18.7 Å². The van der Waals surface area contributed by atoms with Crippen LogP contribution in [0.15, 0.2) is 61.3 Å². The number of amides is 4. The monoisotopic (exact) mass is 629 g/mol. The van der Waals surface area contributed by atoms with E-state index in [0.29, 0.717) is 59.3 Å². The fourth-order valence-corrected chi connectivity index (χ4v) is 5.38. The Hall–Kier alpha value is -5.33. The number of hydrogen-bond donors (Lipinski definition) is 2. The zero-order valence-corrected chi connectivity index (χ0v) is 26.7. The van der Waals surface area contributed by atoms with E-state index >= 15 is 0 Å². The van der Waals surface area contributed by atoms with Crippen molar-refractivity contribution < 1.29 is 28.6 Å². The lowest BCUT2D eigenvalue weighted by Crippen LogP contribution is -2.58. The van der Waals surface area contributed by atoms with Crippen molar-refractivity contribution in [3.8, 4) is 11.5 Å². The second kappa shape index (κ2) is 13.3. The highest BCUT2D eigenvalue weighted by molar-refractivity contribution is 6.06. The summed E-state index contributed by atoms with van der Waals surface area (Å²) in [4.78, 5) is 53.8. The Kier molecular flexibility index (Phi) is 9.31. The maximum absolute atomic E-state index is 14.5. The van der Waals surface area contributed by atoms with Crippen molar-refractivity contribution in [1.29, 1.82) is 0 Å².